The van der Waals surface area contributed by atoms with E-state index in [0.717, 1.165) is 17.0 Å². The number of nitrogens with two attached hydrogens (primary N) is 1. The Morgan fingerprint density at radius 3 is 2.56 bits per heavy atom. The van der Waals surface area contributed by atoms with Crippen molar-refractivity contribution < 1.29 is 0 Å². The van der Waals surface area contributed by atoms with Crippen molar-refractivity contribution in [1.29, 1.82) is 0 Å². The Balaban J connectivity index is 2.10. The maximum Gasteiger partial charge on any atom is 0.0940 e. The first-order chi connectivity index (χ1) is 8.70. The van der Waals surface area contributed by atoms with Crippen molar-refractivity contribution in [2.24, 2.45) is 5.84 Å². The van der Waals surface area contributed by atoms with E-state index in [9.17, 15) is 0 Å². The third kappa shape index (κ3) is 3.43. The maximum absolute atomic E-state index is 6.15. The van der Waals surface area contributed by atoms with Crippen LogP contribution in [0, 0.1) is 0 Å². The van der Waals surface area contributed by atoms with Gasteiger partial charge in [-0.3, -0.25) is 11.3 Å². The molecule has 0 saturated heterocycles. The summed E-state index contributed by atoms with van der Waals surface area (Å²) in [5, 5.41) is 4.33. The molecule has 0 radical (unpaired) electrons. The topological polar surface area (TPSA) is 50.9 Å². The van der Waals surface area contributed by atoms with E-state index in [0.29, 0.717) is 16.5 Å². The van der Waals surface area contributed by atoms with E-state index in [1.807, 2.05) is 23.6 Å². The van der Waals surface area contributed by atoms with E-state index in [4.69, 9.17) is 29.0 Å². The van der Waals surface area contributed by atoms with Gasteiger partial charge < -0.3 is 0 Å². The fourth-order valence-corrected chi connectivity index (χ4v) is 2.98. The number of halogens is 2. The van der Waals surface area contributed by atoms with Crippen LogP contribution in [0.15, 0.2) is 29.8 Å². The average molecular weight is 302 g/mol. The Kier molecular flexibility index (Phi) is 4.97. The van der Waals surface area contributed by atoms with Crippen molar-refractivity contribution in [3.63, 3.8) is 0 Å². The molecule has 0 fully saturated rings. The first-order valence-electron chi connectivity index (χ1n) is 5.48. The molecule has 6 heteroatoms. The molecule has 1 aromatic carbocycles. The fourth-order valence-electron chi connectivity index (χ4n) is 1.73. The van der Waals surface area contributed by atoms with Gasteiger partial charge in [-0.1, -0.05) is 29.3 Å². The predicted octanol–water partition coefficient (Wildman–Crippen LogP) is 3.07. The maximum atomic E-state index is 6.15. The van der Waals surface area contributed by atoms with Crippen molar-refractivity contribution in [3.05, 3.63) is 50.4 Å². The summed E-state index contributed by atoms with van der Waals surface area (Å²) in [4.78, 5) is 4.25. The fraction of sp³-hybridized carbons (Fsp3) is 0.250. The van der Waals surface area contributed by atoms with E-state index in [1.54, 1.807) is 17.5 Å². The summed E-state index contributed by atoms with van der Waals surface area (Å²) in [6.45, 7) is 0. The van der Waals surface area contributed by atoms with Gasteiger partial charge in [-0.25, -0.2) is 4.98 Å². The second kappa shape index (κ2) is 6.50. The normalized spacial score (nSPS) is 12.6. The number of benzene rings is 1. The van der Waals surface area contributed by atoms with Gasteiger partial charge in [-0.05, 0) is 24.1 Å². The van der Waals surface area contributed by atoms with Crippen LogP contribution in [-0.2, 0) is 12.8 Å². The minimum atomic E-state index is 0.0635. The van der Waals surface area contributed by atoms with E-state index in [-0.39, 0.29) is 6.04 Å². The van der Waals surface area contributed by atoms with Crippen LogP contribution in [0.5, 0.6) is 0 Å². The smallest absolute Gasteiger partial charge is 0.0940 e. The molecule has 1 atom stereocenters. The van der Waals surface area contributed by atoms with Gasteiger partial charge in [0.05, 0.1) is 5.01 Å². The molecule has 1 aromatic heterocycles. The van der Waals surface area contributed by atoms with Crippen molar-refractivity contribution in [3.8, 4) is 0 Å². The quantitative estimate of drug-likeness (QED) is 0.659. The molecule has 0 bridgehead atoms. The zero-order chi connectivity index (χ0) is 13.0. The standard InChI is InChI=1S/C12H13Cl2N3S/c13-10-2-1-3-11(14)9(10)6-8(17-15)7-12-16-4-5-18-12/h1-5,8,17H,6-7,15H2. The second-order valence-electron chi connectivity index (χ2n) is 3.90. The molecule has 0 saturated carbocycles. The van der Waals surface area contributed by atoms with Crippen LogP contribution in [0.4, 0.5) is 0 Å². The number of hydrogen-bond donors (Lipinski definition) is 2. The molecule has 1 heterocycles. The van der Waals surface area contributed by atoms with E-state index in [1.165, 1.54) is 0 Å². The van der Waals surface area contributed by atoms with Crippen LogP contribution < -0.4 is 11.3 Å². The third-order valence-electron chi connectivity index (χ3n) is 2.65. The van der Waals surface area contributed by atoms with Gasteiger partial charge in [0.15, 0.2) is 0 Å². The Bertz CT molecular complexity index is 482. The Hall–Kier alpha value is -0.650. The van der Waals surface area contributed by atoms with Crippen molar-refractivity contribution in [1.82, 2.24) is 10.4 Å². The highest BCUT2D eigenvalue weighted by atomic mass is 35.5. The molecule has 0 aliphatic heterocycles. The number of nitrogens with one attached hydrogen (secondary N) is 1. The van der Waals surface area contributed by atoms with Crippen LogP contribution in [-0.4, -0.2) is 11.0 Å². The van der Waals surface area contributed by atoms with Crippen molar-refractivity contribution >= 4 is 34.5 Å². The first-order valence-corrected chi connectivity index (χ1v) is 7.11. The monoisotopic (exact) mass is 301 g/mol. The average Bonchev–Trinajstić information content (AvgIpc) is 2.85. The van der Waals surface area contributed by atoms with Gasteiger partial charge >= 0.3 is 0 Å². The van der Waals surface area contributed by atoms with Crippen LogP contribution in [0.3, 0.4) is 0 Å². The predicted molar refractivity (Wildman–Crippen MR) is 77.1 cm³/mol. The van der Waals surface area contributed by atoms with Gasteiger partial charge in [0.1, 0.15) is 0 Å². The summed E-state index contributed by atoms with van der Waals surface area (Å²) in [5.74, 6) is 5.58. The van der Waals surface area contributed by atoms with Gasteiger partial charge in [0.2, 0.25) is 0 Å². The largest absolute Gasteiger partial charge is 0.271 e. The molecular weight excluding hydrogens is 289 g/mol. The minimum Gasteiger partial charge on any atom is -0.271 e. The summed E-state index contributed by atoms with van der Waals surface area (Å²) < 4.78 is 0. The SMILES string of the molecule is NNC(Cc1nccs1)Cc1c(Cl)cccc1Cl. The van der Waals surface area contributed by atoms with E-state index in [2.05, 4.69) is 10.4 Å². The van der Waals surface area contributed by atoms with Crippen LogP contribution in [0.25, 0.3) is 0 Å². The lowest BCUT2D eigenvalue weighted by Gasteiger charge is -2.16. The third-order valence-corrected chi connectivity index (χ3v) is 4.16. The van der Waals surface area contributed by atoms with Crippen LogP contribution in [0.1, 0.15) is 10.6 Å². The molecule has 0 aliphatic rings. The highest BCUT2D eigenvalue weighted by Crippen LogP contribution is 2.26. The van der Waals surface area contributed by atoms with Crippen LogP contribution >= 0.6 is 34.5 Å². The van der Waals surface area contributed by atoms with Gasteiger partial charge in [-0.15, -0.1) is 11.3 Å². The summed E-state index contributed by atoms with van der Waals surface area (Å²) in [5.41, 5.74) is 3.71. The highest BCUT2D eigenvalue weighted by molar-refractivity contribution is 7.09. The highest BCUT2D eigenvalue weighted by Gasteiger charge is 2.14. The number of hydrazine groups is 1. The second-order valence-corrected chi connectivity index (χ2v) is 5.69. The van der Waals surface area contributed by atoms with Gasteiger partial charge in [-0.2, -0.15) is 0 Å². The number of aromatic nitrogens is 1. The molecular formula is C12H13Cl2N3S. The number of nitrogens with zero attached hydrogens (tertiary/aromatic N) is 1. The van der Waals surface area contributed by atoms with Crippen molar-refractivity contribution in [2.45, 2.75) is 18.9 Å². The Morgan fingerprint density at radius 1 is 1.28 bits per heavy atom. The number of thiazole rings is 1. The summed E-state index contributed by atoms with van der Waals surface area (Å²) >= 11 is 13.9. The number of rotatable bonds is 5. The molecule has 2 aromatic rings. The zero-order valence-electron chi connectivity index (χ0n) is 9.57. The lowest BCUT2D eigenvalue weighted by molar-refractivity contribution is 0.521. The summed E-state index contributed by atoms with van der Waals surface area (Å²) in [7, 11) is 0. The minimum absolute atomic E-state index is 0.0635. The molecule has 2 rings (SSSR count). The molecule has 3 nitrogen and oxygen atoms in total. The van der Waals surface area contributed by atoms with Crippen molar-refractivity contribution in [2.75, 3.05) is 0 Å². The Labute approximate surface area is 120 Å². The molecule has 18 heavy (non-hydrogen) atoms. The van der Waals surface area contributed by atoms with Gasteiger partial charge in [0.25, 0.3) is 0 Å². The van der Waals surface area contributed by atoms with Gasteiger partial charge in [0, 0.05) is 34.1 Å². The lowest BCUT2D eigenvalue weighted by Crippen LogP contribution is -2.38. The molecule has 96 valence electrons. The van der Waals surface area contributed by atoms with E-state index < -0.39 is 0 Å². The van der Waals surface area contributed by atoms with E-state index >= 15 is 0 Å². The molecule has 3 N–H and O–H groups in total. The van der Waals surface area contributed by atoms with Crippen LogP contribution in [0.2, 0.25) is 10.0 Å². The first kappa shape index (κ1) is 13.8. The summed E-state index contributed by atoms with van der Waals surface area (Å²) in [6, 6.07) is 5.56. The number of hydrogen-bond acceptors (Lipinski definition) is 4. The summed E-state index contributed by atoms with van der Waals surface area (Å²) in [6.07, 6.45) is 3.22. The Morgan fingerprint density at radius 2 is 2.00 bits per heavy atom. The molecule has 0 amide bonds. The zero-order valence-corrected chi connectivity index (χ0v) is 11.9. The molecule has 0 spiro atoms. The molecule has 1 unspecified atom stereocenters. The lowest BCUT2D eigenvalue weighted by atomic mass is 10.0. The molecule has 0 aliphatic carbocycles.